The number of carbonyl (C=O) groups excluding carboxylic acids is 2. The molecule has 0 saturated carbocycles. The van der Waals surface area contributed by atoms with E-state index in [0.717, 1.165) is 5.56 Å². The van der Waals surface area contributed by atoms with E-state index in [2.05, 4.69) is 10.5 Å². The van der Waals surface area contributed by atoms with Gasteiger partial charge in [0.05, 0.1) is 18.5 Å². The quantitative estimate of drug-likeness (QED) is 0.852. The maximum absolute atomic E-state index is 12.2. The van der Waals surface area contributed by atoms with Crippen LogP contribution in [0.1, 0.15) is 28.7 Å². The highest BCUT2D eigenvalue weighted by molar-refractivity contribution is 5.97. The number of carbonyl (C=O) groups is 2. The average Bonchev–Trinajstić information content (AvgIpc) is 2.94. The van der Waals surface area contributed by atoms with E-state index < -0.39 is 18.0 Å². The molecule has 0 spiro atoms. The minimum absolute atomic E-state index is 0.0460. The molecule has 0 aliphatic heterocycles. The molecule has 0 saturated heterocycles. The number of nitrogens with one attached hydrogen (secondary N) is 1. The molecule has 2 rings (SSSR count). The first-order chi connectivity index (χ1) is 10.9. The molecule has 0 fully saturated rings. The number of hydrogen-bond acceptors (Lipinski definition) is 6. The van der Waals surface area contributed by atoms with Crippen LogP contribution in [0, 0.1) is 13.8 Å². The molecule has 7 nitrogen and oxygen atoms in total. The molecular weight excluding hydrogens is 300 g/mol. The van der Waals surface area contributed by atoms with Crippen molar-refractivity contribution in [1.29, 1.82) is 0 Å². The summed E-state index contributed by atoms with van der Waals surface area (Å²) in [7, 11) is 1.51. The Balaban J connectivity index is 2.03. The lowest BCUT2D eigenvalue weighted by atomic mass is 10.2. The fourth-order valence-corrected chi connectivity index (χ4v) is 1.89. The van der Waals surface area contributed by atoms with E-state index in [1.165, 1.54) is 20.1 Å². The van der Waals surface area contributed by atoms with Gasteiger partial charge >= 0.3 is 5.97 Å². The molecule has 0 aliphatic rings. The van der Waals surface area contributed by atoms with Crippen LogP contribution in [0.2, 0.25) is 0 Å². The van der Waals surface area contributed by atoms with Crippen LogP contribution in [0.15, 0.2) is 28.8 Å². The summed E-state index contributed by atoms with van der Waals surface area (Å²) in [4.78, 5) is 24.0. The minimum Gasteiger partial charge on any atom is -0.495 e. The van der Waals surface area contributed by atoms with Crippen molar-refractivity contribution in [3.8, 4) is 5.75 Å². The van der Waals surface area contributed by atoms with Crippen molar-refractivity contribution in [2.24, 2.45) is 0 Å². The fraction of sp³-hybridized carbons (Fsp3) is 0.312. The molecule has 7 heteroatoms. The fourth-order valence-electron chi connectivity index (χ4n) is 1.89. The highest BCUT2D eigenvalue weighted by Gasteiger charge is 2.22. The molecule has 122 valence electrons. The lowest BCUT2D eigenvalue weighted by Crippen LogP contribution is -2.30. The first-order valence-corrected chi connectivity index (χ1v) is 7.00. The van der Waals surface area contributed by atoms with Gasteiger partial charge in [-0.05, 0) is 38.5 Å². The molecule has 1 unspecified atom stereocenters. The van der Waals surface area contributed by atoms with E-state index in [1.807, 2.05) is 13.0 Å². The van der Waals surface area contributed by atoms with Gasteiger partial charge in [0.15, 0.2) is 6.10 Å². The summed E-state index contributed by atoms with van der Waals surface area (Å²) in [5.41, 5.74) is 2.03. The van der Waals surface area contributed by atoms with Crippen molar-refractivity contribution in [2.75, 3.05) is 12.4 Å². The Morgan fingerprint density at radius 3 is 2.61 bits per heavy atom. The van der Waals surface area contributed by atoms with Crippen molar-refractivity contribution < 1.29 is 23.6 Å². The Labute approximate surface area is 133 Å². The molecule has 1 aromatic carbocycles. The van der Waals surface area contributed by atoms with Crippen LogP contribution < -0.4 is 10.1 Å². The van der Waals surface area contributed by atoms with Gasteiger partial charge < -0.3 is 19.3 Å². The van der Waals surface area contributed by atoms with Gasteiger partial charge in [0.1, 0.15) is 5.75 Å². The predicted molar refractivity (Wildman–Crippen MR) is 82.5 cm³/mol. The van der Waals surface area contributed by atoms with Crippen LogP contribution in [0.5, 0.6) is 5.75 Å². The van der Waals surface area contributed by atoms with E-state index in [-0.39, 0.29) is 5.76 Å². The van der Waals surface area contributed by atoms with Gasteiger partial charge in [-0.2, -0.15) is 0 Å². The molecule has 1 heterocycles. The van der Waals surface area contributed by atoms with Gasteiger partial charge in [0.2, 0.25) is 5.76 Å². The molecule has 0 bridgehead atoms. The number of rotatable bonds is 5. The zero-order valence-corrected chi connectivity index (χ0v) is 13.4. The Morgan fingerprint density at radius 1 is 1.26 bits per heavy atom. The number of ether oxygens (including phenoxy) is 2. The molecule has 1 N–H and O–H groups in total. The molecule has 1 aromatic heterocycles. The van der Waals surface area contributed by atoms with Crippen molar-refractivity contribution in [1.82, 2.24) is 5.16 Å². The number of esters is 1. The number of aryl methyl sites for hydroxylation is 2. The number of aromatic nitrogens is 1. The van der Waals surface area contributed by atoms with E-state index in [1.54, 1.807) is 19.1 Å². The lowest BCUT2D eigenvalue weighted by molar-refractivity contribution is -0.123. The third-order valence-corrected chi connectivity index (χ3v) is 3.10. The maximum Gasteiger partial charge on any atom is 0.377 e. The number of methoxy groups -OCH3 is 1. The SMILES string of the molecule is COc1ccc(C)cc1NC(=O)C(C)OC(=O)c1cc(C)no1. The molecular formula is C16H18N2O5. The minimum atomic E-state index is -1.00. The van der Waals surface area contributed by atoms with Gasteiger partial charge in [0.25, 0.3) is 5.91 Å². The Morgan fingerprint density at radius 2 is 2.00 bits per heavy atom. The number of anilines is 1. The first-order valence-electron chi connectivity index (χ1n) is 7.00. The summed E-state index contributed by atoms with van der Waals surface area (Å²) in [6.45, 7) is 5.05. The number of hydrogen-bond donors (Lipinski definition) is 1. The van der Waals surface area contributed by atoms with Crippen LogP contribution in [-0.4, -0.2) is 30.2 Å². The van der Waals surface area contributed by atoms with Crippen LogP contribution >= 0.6 is 0 Å². The highest BCUT2D eigenvalue weighted by Crippen LogP contribution is 2.25. The second-order valence-electron chi connectivity index (χ2n) is 5.07. The molecule has 0 aliphatic carbocycles. The summed E-state index contributed by atoms with van der Waals surface area (Å²) in [5.74, 6) is -0.744. The molecule has 0 radical (unpaired) electrons. The van der Waals surface area contributed by atoms with Gasteiger partial charge in [-0.25, -0.2) is 4.79 Å². The summed E-state index contributed by atoms with van der Waals surface area (Å²) in [5, 5.41) is 6.27. The number of benzene rings is 1. The van der Waals surface area contributed by atoms with Gasteiger partial charge in [-0.15, -0.1) is 0 Å². The third kappa shape index (κ3) is 4.09. The average molecular weight is 318 g/mol. The normalized spacial score (nSPS) is 11.7. The van der Waals surface area contributed by atoms with Crippen LogP contribution in [0.4, 0.5) is 5.69 Å². The smallest absolute Gasteiger partial charge is 0.377 e. The second kappa shape index (κ2) is 6.95. The first kappa shape index (κ1) is 16.5. The zero-order chi connectivity index (χ0) is 17.0. The monoisotopic (exact) mass is 318 g/mol. The Bertz CT molecular complexity index is 723. The van der Waals surface area contributed by atoms with E-state index in [9.17, 15) is 9.59 Å². The Hall–Kier alpha value is -2.83. The predicted octanol–water partition coefficient (Wildman–Crippen LogP) is 2.48. The van der Waals surface area contributed by atoms with E-state index in [4.69, 9.17) is 14.0 Å². The Kier molecular flexibility index (Phi) is 5.00. The van der Waals surface area contributed by atoms with Gasteiger partial charge in [-0.1, -0.05) is 11.2 Å². The molecule has 1 amide bonds. The zero-order valence-electron chi connectivity index (χ0n) is 13.4. The largest absolute Gasteiger partial charge is 0.495 e. The molecule has 2 aromatic rings. The third-order valence-electron chi connectivity index (χ3n) is 3.10. The van der Waals surface area contributed by atoms with Crippen molar-refractivity contribution >= 4 is 17.6 Å². The van der Waals surface area contributed by atoms with Crippen LogP contribution in [0.25, 0.3) is 0 Å². The maximum atomic E-state index is 12.2. The van der Waals surface area contributed by atoms with E-state index >= 15 is 0 Å². The second-order valence-corrected chi connectivity index (χ2v) is 5.07. The summed E-state index contributed by atoms with van der Waals surface area (Å²) in [6.07, 6.45) is -1.00. The number of amides is 1. The summed E-state index contributed by atoms with van der Waals surface area (Å²) >= 11 is 0. The van der Waals surface area contributed by atoms with E-state index in [0.29, 0.717) is 17.1 Å². The topological polar surface area (TPSA) is 90.7 Å². The van der Waals surface area contributed by atoms with Gasteiger partial charge in [-0.3, -0.25) is 4.79 Å². The van der Waals surface area contributed by atoms with Crippen molar-refractivity contribution in [3.63, 3.8) is 0 Å². The molecule has 1 atom stereocenters. The van der Waals surface area contributed by atoms with Crippen LogP contribution in [0.3, 0.4) is 0 Å². The molecule has 23 heavy (non-hydrogen) atoms. The highest BCUT2D eigenvalue weighted by atomic mass is 16.6. The standard InChI is InChI=1S/C16H18N2O5/c1-9-5-6-13(21-4)12(7-9)17-15(19)11(3)22-16(20)14-8-10(2)18-23-14/h5-8,11H,1-4H3,(H,17,19). The summed E-state index contributed by atoms with van der Waals surface area (Å²) in [6, 6.07) is 6.82. The van der Waals surface area contributed by atoms with Crippen molar-refractivity contribution in [2.45, 2.75) is 26.9 Å². The van der Waals surface area contributed by atoms with Crippen molar-refractivity contribution in [3.05, 3.63) is 41.3 Å². The van der Waals surface area contributed by atoms with Crippen LogP contribution in [-0.2, 0) is 9.53 Å². The lowest BCUT2D eigenvalue weighted by Gasteiger charge is -2.15. The number of nitrogens with zero attached hydrogens (tertiary/aromatic N) is 1. The van der Waals surface area contributed by atoms with Gasteiger partial charge in [0, 0.05) is 6.07 Å². The summed E-state index contributed by atoms with van der Waals surface area (Å²) < 4.78 is 15.1.